The Balaban J connectivity index is 2.35. The number of amides is 1. The standard InChI is InChI=1S/C16H21NO5S/c1-15(2,3)22-14(19)17-16(10-18)12(13(16)23(4,20)21)11-8-6-5-7-9-11/h5-10,12-13H,1-4H3,(H,17,19)/t12-,13-,16-/m1/s1. The number of rotatable bonds is 4. The average molecular weight is 339 g/mol. The SMILES string of the molecule is CC(C)(C)OC(=O)N[C@]1(C=O)[C@H](c2ccccc2)[C@H]1S(C)(=O)=O. The van der Waals surface area contributed by atoms with Crippen LogP contribution in [0, 0.1) is 0 Å². The summed E-state index contributed by atoms with van der Waals surface area (Å²) in [6, 6.07) is 8.80. The fraction of sp³-hybridized carbons (Fsp3) is 0.500. The van der Waals surface area contributed by atoms with Crippen LogP contribution in [0.1, 0.15) is 32.3 Å². The molecule has 1 amide bonds. The molecule has 7 heteroatoms. The van der Waals surface area contributed by atoms with Gasteiger partial charge in [-0.15, -0.1) is 0 Å². The first-order chi connectivity index (χ1) is 10.5. The molecule has 0 aliphatic heterocycles. The lowest BCUT2D eigenvalue weighted by molar-refractivity contribution is -0.110. The molecule has 0 bridgehead atoms. The molecule has 2 rings (SSSR count). The molecule has 0 heterocycles. The predicted octanol–water partition coefficient (Wildman–Crippen LogP) is 1.66. The van der Waals surface area contributed by atoms with Gasteiger partial charge in [0.15, 0.2) is 9.84 Å². The summed E-state index contributed by atoms with van der Waals surface area (Å²) in [7, 11) is -3.54. The van der Waals surface area contributed by atoms with Crippen molar-refractivity contribution in [2.24, 2.45) is 0 Å². The Morgan fingerprint density at radius 2 is 1.83 bits per heavy atom. The zero-order valence-electron chi connectivity index (χ0n) is 13.6. The normalized spacial score (nSPS) is 27.1. The molecule has 0 saturated heterocycles. The third-order valence-electron chi connectivity index (χ3n) is 3.71. The molecular formula is C16H21NO5S. The third-order valence-corrected chi connectivity index (χ3v) is 5.30. The van der Waals surface area contributed by atoms with Crippen LogP contribution in [0.4, 0.5) is 4.79 Å². The second-order valence-electron chi connectivity index (χ2n) is 6.82. The van der Waals surface area contributed by atoms with Gasteiger partial charge in [0.1, 0.15) is 22.7 Å². The summed E-state index contributed by atoms with van der Waals surface area (Å²) in [4.78, 5) is 23.7. The first-order valence-corrected chi connectivity index (χ1v) is 9.18. The van der Waals surface area contributed by atoms with E-state index in [1.54, 1.807) is 51.1 Å². The molecule has 3 atom stereocenters. The van der Waals surface area contributed by atoms with Crippen LogP contribution < -0.4 is 5.32 Å². The minimum Gasteiger partial charge on any atom is -0.444 e. The zero-order valence-corrected chi connectivity index (χ0v) is 14.4. The summed E-state index contributed by atoms with van der Waals surface area (Å²) in [6.45, 7) is 5.07. The summed E-state index contributed by atoms with van der Waals surface area (Å²) in [5, 5.41) is 1.47. The van der Waals surface area contributed by atoms with Crippen LogP contribution in [0.3, 0.4) is 0 Å². The second kappa shape index (κ2) is 5.63. The number of hydrogen-bond donors (Lipinski definition) is 1. The Labute approximate surface area is 136 Å². The number of alkyl carbamates (subject to hydrolysis) is 1. The molecule has 0 aromatic heterocycles. The average Bonchev–Trinajstić information content (AvgIpc) is 3.06. The van der Waals surface area contributed by atoms with Crippen molar-refractivity contribution in [2.45, 2.75) is 43.1 Å². The first kappa shape index (κ1) is 17.5. The second-order valence-corrected chi connectivity index (χ2v) is 8.98. The monoisotopic (exact) mass is 339 g/mol. The van der Waals surface area contributed by atoms with E-state index >= 15 is 0 Å². The Morgan fingerprint density at radius 1 is 1.26 bits per heavy atom. The van der Waals surface area contributed by atoms with Crippen molar-refractivity contribution >= 4 is 22.2 Å². The van der Waals surface area contributed by atoms with Crippen LogP contribution in [-0.2, 0) is 19.4 Å². The molecule has 1 saturated carbocycles. The van der Waals surface area contributed by atoms with E-state index in [0.29, 0.717) is 11.8 Å². The molecule has 0 unspecified atom stereocenters. The van der Waals surface area contributed by atoms with Gasteiger partial charge in [0.05, 0.1) is 0 Å². The van der Waals surface area contributed by atoms with Gasteiger partial charge in [0.25, 0.3) is 0 Å². The molecule has 1 N–H and O–H groups in total. The highest BCUT2D eigenvalue weighted by atomic mass is 32.2. The summed E-state index contributed by atoms with van der Waals surface area (Å²) in [5.74, 6) is -0.622. The van der Waals surface area contributed by atoms with Crippen LogP contribution >= 0.6 is 0 Å². The van der Waals surface area contributed by atoms with E-state index < -0.39 is 38.2 Å². The van der Waals surface area contributed by atoms with E-state index in [0.717, 1.165) is 6.26 Å². The predicted molar refractivity (Wildman–Crippen MR) is 86.0 cm³/mol. The van der Waals surface area contributed by atoms with Crippen molar-refractivity contribution in [3.63, 3.8) is 0 Å². The molecular weight excluding hydrogens is 318 g/mol. The van der Waals surface area contributed by atoms with Gasteiger partial charge in [0, 0.05) is 12.2 Å². The van der Waals surface area contributed by atoms with Gasteiger partial charge in [-0.25, -0.2) is 13.2 Å². The number of carbonyl (C=O) groups is 2. The lowest BCUT2D eigenvalue weighted by Gasteiger charge is -2.22. The first-order valence-electron chi connectivity index (χ1n) is 7.22. The summed E-state index contributed by atoms with van der Waals surface area (Å²) < 4.78 is 29.3. The Morgan fingerprint density at radius 3 is 2.26 bits per heavy atom. The Hall–Kier alpha value is -1.89. The summed E-state index contributed by atoms with van der Waals surface area (Å²) in [5.41, 5.74) is -1.55. The number of hydrogen-bond acceptors (Lipinski definition) is 5. The molecule has 1 aliphatic carbocycles. The van der Waals surface area contributed by atoms with Crippen molar-refractivity contribution in [2.75, 3.05) is 6.26 Å². The molecule has 6 nitrogen and oxygen atoms in total. The molecule has 1 aliphatic rings. The van der Waals surface area contributed by atoms with Gasteiger partial charge in [-0.05, 0) is 26.3 Å². The maximum Gasteiger partial charge on any atom is 0.408 e. The van der Waals surface area contributed by atoms with Crippen molar-refractivity contribution in [3.8, 4) is 0 Å². The number of carbonyl (C=O) groups excluding carboxylic acids is 2. The Kier molecular flexibility index (Phi) is 4.28. The lowest BCUT2D eigenvalue weighted by atomic mass is 10.1. The van der Waals surface area contributed by atoms with Crippen molar-refractivity contribution in [3.05, 3.63) is 35.9 Å². The van der Waals surface area contributed by atoms with Crippen LogP contribution in [0.25, 0.3) is 0 Å². The number of ether oxygens (including phenoxy) is 1. The van der Waals surface area contributed by atoms with Gasteiger partial charge in [0.2, 0.25) is 0 Å². The maximum atomic E-state index is 12.1. The van der Waals surface area contributed by atoms with Crippen LogP contribution in [0.5, 0.6) is 0 Å². The minimum atomic E-state index is -3.54. The number of nitrogens with one attached hydrogen (secondary N) is 1. The highest BCUT2D eigenvalue weighted by Gasteiger charge is 2.71. The topological polar surface area (TPSA) is 89.5 Å². The fourth-order valence-corrected chi connectivity index (χ4v) is 4.65. The highest BCUT2D eigenvalue weighted by molar-refractivity contribution is 7.91. The summed E-state index contributed by atoms with van der Waals surface area (Å²) in [6.07, 6.45) is 0.757. The number of benzene rings is 1. The molecule has 0 radical (unpaired) electrons. The molecule has 0 spiro atoms. The van der Waals surface area contributed by atoms with Gasteiger partial charge in [-0.1, -0.05) is 30.3 Å². The van der Waals surface area contributed by atoms with Gasteiger partial charge in [-0.3, -0.25) is 0 Å². The zero-order chi connectivity index (χ0) is 17.5. The quantitative estimate of drug-likeness (QED) is 0.843. The largest absolute Gasteiger partial charge is 0.444 e. The maximum absolute atomic E-state index is 12.1. The molecule has 1 aromatic carbocycles. The smallest absolute Gasteiger partial charge is 0.408 e. The Bertz CT molecular complexity index is 708. The van der Waals surface area contributed by atoms with Gasteiger partial charge in [-0.2, -0.15) is 0 Å². The van der Waals surface area contributed by atoms with Crippen LogP contribution in [0.15, 0.2) is 30.3 Å². The van der Waals surface area contributed by atoms with E-state index in [1.165, 1.54) is 0 Å². The van der Waals surface area contributed by atoms with Crippen molar-refractivity contribution in [1.29, 1.82) is 0 Å². The van der Waals surface area contributed by atoms with Crippen molar-refractivity contribution in [1.82, 2.24) is 5.32 Å². The molecule has 1 aromatic rings. The van der Waals surface area contributed by atoms with Gasteiger partial charge >= 0.3 is 6.09 Å². The lowest BCUT2D eigenvalue weighted by Crippen LogP contribution is -2.45. The fourth-order valence-electron chi connectivity index (χ4n) is 2.89. The molecule has 23 heavy (non-hydrogen) atoms. The van der Waals surface area contributed by atoms with Crippen molar-refractivity contribution < 1.29 is 22.7 Å². The van der Waals surface area contributed by atoms with E-state index in [4.69, 9.17) is 4.74 Å². The van der Waals surface area contributed by atoms with Crippen LogP contribution in [0.2, 0.25) is 0 Å². The molecule has 1 fully saturated rings. The van der Waals surface area contributed by atoms with Gasteiger partial charge < -0.3 is 14.8 Å². The van der Waals surface area contributed by atoms with E-state index in [1.807, 2.05) is 0 Å². The van der Waals surface area contributed by atoms with E-state index in [2.05, 4.69) is 5.32 Å². The minimum absolute atomic E-state index is 0.500. The van der Waals surface area contributed by atoms with Crippen LogP contribution in [-0.4, -0.2) is 43.4 Å². The highest BCUT2D eigenvalue weighted by Crippen LogP contribution is 2.54. The summed E-state index contributed by atoms with van der Waals surface area (Å²) >= 11 is 0. The number of sulfone groups is 1. The molecule has 126 valence electrons. The number of aldehydes is 1. The third kappa shape index (κ3) is 3.55. The van der Waals surface area contributed by atoms with E-state index in [-0.39, 0.29) is 0 Å². The van der Waals surface area contributed by atoms with E-state index in [9.17, 15) is 18.0 Å².